The topological polar surface area (TPSA) is 37.4 Å². The van der Waals surface area contributed by atoms with Crippen molar-refractivity contribution >= 4 is 22.9 Å². The Morgan fingerprint density at radius 1 is 1.35 bits per heavy atom. The van der Waals surface area contributed by atoms with Gasteiger partial charge in [-0.25, -0.2) is 0 Å². The molecule has 17 heavy (non-hydrogen) atoms. The molecule has 0 atom stereocenters. The zero-order chi connectivity index (χ0) is 12.4. The summed E-state index contributed by atoms with van der Waals surface area (Å²) in [5.74, 6) is 0.498. The van der Waals surface area contributed by atoms with E-state index >= 15 is 0 Å². The summed E-state index contributed by atoms with van der Waals surface area (Å²) in [6.45, 7) is 5.92. The summed E-state index contributed by atoms with van der Waals surface area (Å²) in [6.07, 6.45) is 1.18. The number of Topliss-reactive ketones (excluding diaryl/α,β-unsaturated/α-hetero) is 2. The van der Waals surface area contributed by atoms with Crippen LogP contribution in [0.5, 0.6) is 0 Å². The van der Waals surface area contributed by atoms with E-state index in [1.165, 1.54) is 4.88 Å². The molecule has 2 rings (SSSR count). The normalized spacial score (nSPS) is 17.4. The molecule has 0 amide bonds. The summed E-state index contributed by atoms with van der Waals surface area (Å²) in [7, 11) is 0. The summed E-state index contributed by atoms with van der Waals surface area (Å²) in [5.41, 5.74) is 0.851. The summed E-state index contributed by atoms with van der Waals surface area (Å²) < 4.78 is 0. The first-order chi connectivity index (χ1) is 8.06. The summed E-state index contributed by atoms with van der Waals surface area (Å²) in [6, 6.07) is 1.97. The quantitative estimate of drug-likeness (QED) is 0.773. The SMILES string of the molecule is Cc1cc(C(=O)CN2CCC(=O)CC2)c(C)s1. The number of likely N-dealkylation sites (tertiary alicyclic amines) is 1. The zero-order valence-corrected chi connectivity index (χ0v) is 11.1. The predicted octanol–water partition coefficient (Wildman–Crippen LogP) is 2.21. The van der Waals surface area contributed by atoms with E-state index in [1.54, 1.807) is 11.3 Å². The summed E-state index contributed by atoms with van der Waals surface area (Å²) >= 11 is 1.67. The highest BCUT2D eigenvalue weighted by atomic mass is 32.1. The van der Waals surface area contributed by atoms with E-state index in [1.807, 2.05) is 19.9 Å². The molecule has 0 saturated carbocycles. The first kappa shape index (κ1) is 12.5. The van der Waals surface area contributed by atoms with Gasteiger partial charge in [0.25, 0.3) is 0 Å². The van der Waals surface area contributed by atoms with E-state index in [0.717, 1.165) is 23.5 Å². The monoisotopic (exact) mass is 251 g/mol. The van der Waals surface area contributed by atoms with Gasteiger partial charge in [0.05, 0.1) is 6.54 Å². The molecule has 4 heteroatoms. The Hall–Kier alpha value is -1.00. The molecule has 0 N–H and O–H groups in total. The van der Waals surface area contributed by atoms with Gasteiger partial charge >= 0.3 is 0 Å². The van der Waals surface area contributed by atoms with E-state index in [2.05, 4.69) is 4.90 Å². The smallest absolute Gasteiger partial charge is 0.177 e. The number of carbonyl (C=O) groups is 2. The largest absolute Gasteiger partial charge is 0.300 e. The molecule has 1 aromatic heterocycles. The molecule has 0 aliphatic carbocycles. The van der Waals surface area contributed by atoms with Crippen LogP contribution in [-0.2, 0) is 4.79 Å². The number of thiophene rings is 1. The molecule has 0 aromatic carbocycles. The molecule has 3 nitrogen and oxygen atoms in total. The molecule has 0 spiro atoms. The molecule has 2 heterocycles. The number of aryl methyl sites for hydroxylation is 2. The first-order valence-corrected chi connectivity index (χ1v) is 6.72. The lowest BCUT2D eigenvalue weighted by atomic mass is 10.1. The van der Waals surface area contributed by atoms with Crippen LogP contribution < -0.4 is 0 Å². The van der Waals surface area contributed by atoms with Crippen molar-refractivity contribution in [1.29, 1.82) is 0 Å². The van der Waals surface area contributed by atoms with Crippen molar-refractivity contribution in [1.82, 2.24) is 4.90 Å². The number of hydrogen-bond donors (Lipinski definition) is 0. The fourth-order valence-electron chi connectivity index (χ4n) is 2.16. The van der Waals surface area contributed by atoms with Gasteiger partial charge in [0.15, 0.2) is 5.78 Å². The molecular formula is C13H17NO2S. The van der Waals surface area contributed by atoms with E-state index < -0.39 is 0 Å². The minimum absolute atomic E-state index is 0.182. The van der Waals surface area contributed by atoms with E-state index in [9.17, 15) is 9.59 Å². The van der Waals surface area contributed by atoms with Gasteiger partial charge in [0.2, 0.25) is 0 Å². The van der Waals surface area contributed by atoms with Crippen molar-refractivity contribution in [3.63, 3.8) is 0 Å². The van der Waals surface area contributed by atoms with Gasteiger partial charge in [-0.1, -0.05) is 0 Å². The van der Waals surface area contributed by atoms with Crippen molar-refractivity contribution in [2.75, 3.05) is 19.6 Å². The fraction of sp³-hybridized carbons (Fsp3) is 0.538. The van der Waals surface area contributed by atoms with Crippen LogP contribution in [0.3, 0.4) is 0 Å². The minimum atomic E-state index is 0.182. The highest BCUT2D eigenvalue weighted by Gasteiger charge is 2.20. The van der Waals surface area contributed by atoms with Crippen molar-refractivity contribution < 1.29 is 9.59 Å². The lowest BCUT2D eigenvalue weighted by molar-refractivity contribution is -0.121. The Morgan fingerprint density at radius 2 is 2.00 bits per heavy atom. The van der Waals surface area contributed by atoms with Gasteiger partial charge in [-0.3, -0.25) is 14.5 Å². The minimum Gasteiger partial charge on any atom is -0.300 e. The van der Waals surface area contributed by atoms with Crippen molar-refractivity contribution in [3.05, 3.63) is 21.4 Å². The lowest BCUT2D eigenvalue weighted by Crippen LogP contribution is -2.37. The molecule has 1 aromatic rings. The summed E-state index contributed by atoms with van der Waals surface area (Å²) in [4.78, 5) is 27.6. The van der Waals surface area contributed by atoms with E-state index in [0.29, 0.717) is 25.2 Å². The fourth-order valence-corrected chi connectivity index (χ4v) is 3.10. The second-order valence-corrected chi connectivity index (χ2v) is 6.03. The van der Waals surface area contributed by atoms with Gasteiger partial charge in [-0.05, 0) is 19.9 Å². The standard InChI is InChI=1S/C13H17NO2S/c1-9-7-12(10(2)17-9)13(16)8-14-5-3-11(15)4-6-14/h7H,3-6,8H2,1-2H3. The maximum absolute atomic E-state index is 12.1. The number of nitrogens with zero attached hydrogens (tertiary/aromatic N) is 1. The van der Waals surface area contributed by atoms with Crippen LogP contribution in [0.15, 0.2) is 6.07 Å². The Kier molecular flexibility index (Phi) is 3.74. The van der Waals surface area contributed by atoms with Gasteiger partial charge in [0.1, 0.15) is 5.78 Å². The van der Waals surface area contributed by atoms with Crippen molar-refractivity contribution in [2.45, 2.75) is 26.7 Å². The van der Waals surface area contributed by atoms with E-state index in [4.69, 9.17) is 0 Å². The zero-order valence-electron chi connectivity index (χ0n) is 10.3. The Balaban J connectivity index is 1.97. The molecule has 1 saturated heterocycles. The van der Waals surface area contributed by atoms with E-state index in [-0.39, 0.29) is 5.78 Å². The molecule has 0 bridgehead atoms. The highest BCUT2D eigenvalue weighted by molar-refractivity contribution is 7.12. The molecule has 0 radical (unpaired) electrons. The number of hydrogen-bond acceptors (Lipinski definition) is 4. The Labute approximate surface area is 105 Å². The Bertz CT molecular complexity index is 440. The molecule has 1 aliphatic heterocycles. The number of piperidine rings is 1. The van der Waals surface area contributed by atoms with Crippen LogP contribution in [0.2, 0.25) is 0 Å². The first-order valence-electron chi connectivity index (χ1n) is 5.90. The average molecular weight is 251 g/mol. The lowest BCUT2D eigenvalue weighted by Gasteiger charge is -2.24. The third-order valence-corrected chi connectivity index (χ3v) is 4.09. The van der Waals surface area contributed by atoms with Crippen LogP contribution in [-0.4, -0.2) is 36.1 Å². The maximum atomic E-state index is 12.1. The second kappa shape index (κ2) is 5.10. The van der Waals surface area contributed by atoms with Gasteiger partial charge in [-0.15, -0.1) is 11.3 Å². The molecule has 0 unspecified atom stereocenters. The molecular weight excluding hydrogens is 234 g/mol. The van der Waals surface area contributed by atoms with Crippen LogP contribution in [0.25, 0.3) is 0 Å². The second-order valence-electron chi connectivity index (χ2n) is 4.56. The van der Waals surface area contributed by atoms with Gasteiger partial charge in [-0.2, -0.15) is 0 Å². The summed E-state index contributed by atoms with van der Waals surface area (Å²) in [5, 5.41) is 0. The van der Waals surface area contributed by atoms with Crippen LogP contribution in [0, 0.1) is 13.8 Å². The van der Waals surface area contributed by atoms with Crippen LogP contribution in [0.4, 0.5) is 0 Å². The third kappa shape index (κ3) is 3.01. The van der Waals surface area contributed by atoms with Gasteiger partial charge < -0.3 is 0 Å². The highest BCUT2D eigenvalue weighted by Crippen LogP contribution is 2.21. The number of carbonyl (C=O) groups excluding carboxylic acids is 2. The predicted molar refractivity (Wildman–Crippen MR) is 68.8 cm³/mol. The van der Waals surface area contributed by atoms with Crippen molar-refractivity contribution in [2.24, 2.45) is 0 Å². The maximum Gasteiger partial charge on any atom is 0.177 e. The van der Waals surface area contributed by atoms with Crippen LogP contribution >= 0.6 is 11.3 Å². The molecule has 1 aliphatic rings. The molecule has 1 fully saturated rings. The third-order valence-electron chi connectivity index (χ3n) is 3.12. The Morgan fingerprint density at radius 3 is 2.53 bits per heavy atom. The van der Waals surface area contributed by atoms with Crippen LogP contribution in [0.1, 0.15) is 33.0 Å². The van der Waals surface area contributed by atoms with Crippen molar-refractivity contribution in [3.8, 4) is 0 Å². The number of ketones is 2. The molecule has 92 valence electrons. The number of rotatable bonds is 3. The average Bonchev–Trinajstić information content (AvgIpc) is 2.61. The van der Waals surface area contributed by atoms with Gasteiger partial charge in [0, 0.05) is 41.2 Å².